The molecule has 0 aromatic carbocycles. The topological polar surface area (TPSA) is 135 Å². The number of nitrogens with zero attached hydrogens (tertiary/aromatic N) is 1. The summed E-state index contributed by atoms with van der Waals surface area (Å²) in [6.45, 7) is 5.35. The molecule has 0 bridgehead atoms. The zero-order valence-corrected chi connectivity index (χ0v) is 22.7. The van der Waals surface area contributed by atoms with Crippen LogP contribution in [-0.2, 0) is 19.5 Å². The fourth-order valence-electron chi connectivity index (χ4n) is 7.66. The third kappa shape index (κ3) is 6.24. The Hall–Kier alpha value is -0.820. The number of carbonyl (C=O) groups is 1. The van der Waals surface area contributed by atoms with Gasteiger partial charge in [0.05, 0.1) is 31.0 Å². The minimum Gasteiger partial charge on any atom is -0.369 e. The molecule has 6 atom stereocenters. The van der Waals surface area contributed by atoms with Crippen molar-refractivity contribution in [3.05, 3.63) is 0 Å². The molecular weight excluding hydrogens is 480 g/mol. The Morgan fingerprint density at radius 3 is 2.56 bits per heavy atom. The number of hydrogen-bond acceptors (Lipinski definition) is 7. The van der Waals surface area contributed by atoms with E-state index in [2.05, 4.69) is 21.0 Å². The van der Waals surface area contributed by atoms with E-state index in [0.29, 0.717) is 24.0 Å². The van der Waals surface area contributed by atoms with Gasteiger partial charge in [0.15, 0.2) is 6.23 Å². The summed E-state index contributed by atoms with van der Waals surface area (Å²) in [7, 11) is -2.90. The summed E-state index contributed by atoms with van der Waals surface area (Å²) >= 11 is 0. The van der Waals surface area contributed by atoms with Crippen molar-refractivity contribution in [2.45, 2.75) is 94.1 Å². The van der Waals surface area contributed by atoms with E-state index in [1.807, 2.05) is 0 Å². The second-order valence-corrected chi connectivity index (χ2v) is 14.5. The Morgan fingerprint density at radius 1 is 1.11 bits per heavy atom. The number of hydrogen-bond donors (Lipinski definition) is 5. The number of rotatable bonds is 7. The Balaban J connectivity index is 1.09. The molecule has 4 saturated heterocycles. The molecule has 1 saturated carbocycles. The quantitative estimate of drug-likeness (QED) is 0.256. The van der Waals surface area contributed by atoms with Gasteiger partial charge in [0.2, 0.25) is 5.91 Å². The number of sulfone groups is 1. The minimum absolute atomic E-state index is 0.0375. The molecule has 4 aliphatic heterocycles. The van der Waals surface area contributed by atoms with Gasteiger partial charge in [-0.2, -0.15) is 5.48 Å². The number of amides is 1. The van der Waals surface area contributed by atoms with Crippen LogP contribution < -0.4 is 26.7 Å². The van der Waals surface area contributed by atoms with Crippen molar-refractivity contribution in [2.24, 2.45) is 23.5 Å². The fourth-order valence-corrected chi connectivity index (χ4v) is 8.79. The van der Waals surface area contributed by atoms with Crippen LogP contribution in [0.2, 0.25) is 0 Å². The van der Waals surface area contributed by atoms with Crippen LogP contribution in [0.5, 0.6) is 0 Å². The second-order valence-electron chi connectivity index (χ2n) is 12.2. The largest absolute Gasteiger partial charge is 0.369 e. The summed E-state index contributed by atoms with van der Waals surface area (Å²) in [5.41, 5.74) is 8.88. The Morgan fingerprint density at radius 2 is 1.86 bits per heavy atom. The van der Waals surface area contributed by atoms with Crippen molar-refractivity contribution in [1.29, 1.82) is 0 Å². The predicted octanol–water partition coefficient (Wildman–Crippen LogP) is -2.09. The van der Waals surface area contributed by atoms with Crippen LogP contribution >= 0.6 is 0 Å². The SMILES string of the molecule is CS(=O)(=O)C1CCC(C[NH+]2CCCC2C2NC(C3CC[NH2+]C(N4CCC(C(N)=O)CC4)C3)NO2)CC1. The lowest BCUT2D eigenvalue weighted by molar-refractivity contribution is -0.919. The van der Waals surface area contributed by atoms with Gasteiger partial charge in [-0.05, 0) is 38.5 Å². The summed E-state index contributed by atoms with van der Waals surface area (Å²) < 4.78 is 23.8. The summed E-state index contributed by atoms with van der Waals surface area (Å²) in [6.07, 6.45) is 12.2. The van der Waals surface area contributed by atoms with E-state index in [1.165, 1.54) is 32.1 Å². The molecule has 6 unspecified atom stereocenters. The van der Waals surface area contributed by atoms with E-state index in [9.17, 15) is 13.2 Å². The van der Waals surface area contributed by atoms with Gasteiger partial charge in [-0.1, -0.05) is 0 Å². The molecule has 206 valence electrons. The number of hydroxylamine groups is 1. The van der Waals surface area contributed by atoms with Crippen LogP contribution in [0.25, 0.3) is 0 Å². The molecule has 0 spiro atoms. The average Bonchev–Trinajstić information content (AvgIpc) is 3.54. The van der Waals surface area contributed by atoms with Crippen LogP contribution in [-0.4, -0.2) is 88.1 Å². The number of likely N-dealkylation sites (tertiary alicyclic amines) is 2. The lowest BCUT2D eigenvalue weighted by Crippen LogP contribution is -3.15. The molecule has 4 heterocycles. The molecule has 1 amide bonds. The number of carbonyl (C=O) groups excluding carboxylic acids is 1. The van der Waals surface area contributed by atoms with Gasteiger partial charge >= 0.3 is 0 Å². The fraction of sp³-hybridized carbons (Fsp3) is 0.960. The van der Waals surface area contributed by atoms with E-state index in [0.717, 1.165) is 71.1 Å². The van der Waals surface area contributed by atoms with Crippen molar-refractivity contribution >= 4 is 15.7 Å². The molecule has 11 heteroatoms. The highest BCUT2D eigenvalue weighted by molar-refractivity contribution is 7.91. The first-order chi connectivity index (χ1) is 17.3. The number of nitrogens with one attached hydrogen (secondary N) is 3. The van der Waals surface area contributed by atoms with Gasteiger partial charge in [0.25, 0.3) is 0 Å². The van der Waals surface area contributed by atoms with Gasteiger partial charge in [-0.25, -0.2) is 8.42 Å². The molecular formula is C25H48N6O4S+2. The molecule has 10 nitrogen and oxygen atoms in total. The monoisotopic (exact) mass is 528 g/mol. The van der Waals surface area contributed by atoms with E-state index in [4.69, 9.17) is 10.6 Å². The molecule has 0 radical (unpaired) electrons. The zero-order valence-electron chi connectivity index (χ0n) is 21.9. The smallest absolute Gasteiger partial charge is 0.220 e. The first-order valence-electron chi connectivity index (χ1n) is 14.4. The number of quaternary nitrogens is 2. The highest BCUT2D eigenvalue weighted by atomic mass is 32.2. The van der Waals surface area contributed by atoms with Crippen LogP contribution in [0, 0.1) is 17.8 Å². The summed E-state index contributed by atoms with van der Waals surface area (Å²) in [5, 5.41) is 6.15. The molecule has 5 rings (SSSR count). The highest BCUT2D eigenvalue weighted by Crippen LogP contribution is 2.28. The summed E-state index contributed by atoms with van der Waals surface area (Å²) in [6, 6.07) is 0.453. The Labute approximate surface area is 216 Å². The zero-order chi connectivity index (χ0) is 25.3. The molecule has 7 N–H and O–H groups in total. The van der Waals surface area contributed by atoms with Gasteiger partial charge in [-0.3, -0.25) is 19.8 Å². The number of primary amides is 1. The average molecular weight is 529 g/mol. The van der Waals surface area contributed by atoms with Crippen molar-refractivity contribution in [1.82, 2.24) is 15.7 Å². The molecule has 5 fully saturated rings. The third-order valence-electron chi connectivity index (χ3n) is 9.91. The summed E-state index contributed by atoms with van der Waals surface area (Å²) in [4.78, 5) is 21.9. The maximum Gasteiger partial charge on any atom is 0.220 e. The normalized spacial score (nSPS) is 41.5. The summed E-state index contributed by atoms with van der Waals surface area (Å²) in [5.74, 6) is 1.04. The molecule has 0 aromatic rings. The third-order valence-corrected chi connectivity index (χ3v) is 11.6. The van der Waals surface area contributed by atoms with Gasteiger partial charge in [0.1, 0.15) is 22.0 Å². The standard InChI is InChI=1S/C25H46N6O4S/c1-36(33,34)20-6-4-17(5-7-20)16-31-12-2-3-21(31)25-28-24(29-35-25)19-8-11-27-22(15-19)30-13-9-18(10-14-30)23(26)32/h17-22,24-25,27-29H,2-16H2,1H3,(H2,26,32)/p+2. The first kappa shape index (κ1) is 26.8. The van der Waals surface area contributed by atoms with E-state index in [-0.39, 0.29) is 29.5 Å². The van der Waals surface area contributed by atoms with Crippen molar-refractivity contribution in [3.63, 3.8) is 0 Å². The molecule has 1 aliphatic carbocycles. The van der Waals surface area contributed by atoms with E-state index >= 15 is 0 Å². The van der Waals surface area contributed by atoms with Crippen LogP contribution in [0.4, 0.5) is 0 Å². The molecule has 5 aliphatic rings. The lowest BCUT2D eigenvalue weighted by Gasteiger charge is -2.39. The van der Waals surface area contributed by atoms with E-state index < -0.39 is 9.84 Å². The lowest BCUT2D eigenvalue weighted by atomic mass is 9.88. The maximum absolute atomic E-state index is 11.9. The van der Waals surface area contributed by atoms with Gasteiger partial charge in [0, 0.05) is 62.8 Å². The van der Waals surface area contributed by atoms with Crippen LogP contribution in [0.15, 0.2) is 0 Å². The number of nitrogens with two attached hydrogens (primary N) is 2. The molecule has 36 heavy (non-hydrogen) atoms. The first-order valence-corrected chi connectivity index (χ1v) is 16.3. The van der Waals surface area contributed by atoms with Gasteiger partial charge in [-0.15, -0.1) is 0 Å². The maximum atomic E-state index is 11.9. The van der Waals surface area contributed by atoms with Crippen molar-refractivity contribution in [2.75, 3.05) is 39.0 Å². The van der Waals surface area contributed by atoms with Crippen LogP contribution in [0.1, 0.15) is 64.2 Å². The molecule has 0 aromatic heterocycles. The highest BCUT2D eigenvalue weighted by Gasteiger charge is 2.45. The van der Waals surface area contributed by atoms with Crippen LogP contribution in [0.3, 0.4) is 0 Å². The van der Waals surface area contributed by atoms with Crippen molar-refractivity contribution in [3.8, 4) is 0 Å². The Kier molecular flexibility index (Phi) is 8.56. The number of piperidine rings is 2. The predicted molar refractivity (Wildman–Crippen MR) is 136 cm³/mol. The van der Waals surface area contributed by atoms with E-state index in [1.54, 1.807) is 4.90 Å². The minimum atomic E-state index is -2.90. The van der Waals surface area contributed by atoms with Gasteiger partial charge < -0.3 is 16.0 Å². The van der Waals surface area contributed by atoms with Crippen molar-refractivity contribution < 1.29 is 28.3 Å². The Bertz CT molecular complexity index is 859. The second kappa shape index (κ2) is 11.5.